The number of para-hydroxylation sites is 1. The van der Waals surface area contributed by atoms with Gasteiger partial charge in [-0.3, -0.25) is 14.5 Å². The standard InChI is InChI=1S/C20H28N3O6P/c1-15-11-18(28-20(15)23(14-25)10-9-19(26)21-3)13-27-30(22-16(2)12-24)29-17-7-5-4-6-8-17/h4-10,12,14-16,18,20,22H,11,13H2,1-3H3,(H,21,26)/b10-9-. The number of hydrogen-bond donors (Lipinski definition) is 2. The maximum absolute atomic E-state index is 11.4. The normalized spacial score (nSPS) is 23.0. The zero-order valence-corrected chi connectivity index (χ0v) is 18.2. The van der Waals surface area contributed by atoms with E-state index in [2.05, 4.69) is 10.4 Å². The number of aldehydes is 1. The summed E-state index contributed by atoms with van der Waals surface area (Å²) in [5, 5.41) is 5.46. The van der Waals surface area contributed by atoms with Gasteiger partial charge in [0.15, 0.2) is 0 Å². The van der Waals surface area contributed by atoms with Crippen molar-refractivity contribution in [1.82, 2.24) is 15.3 Å². The molecule has 1 aliphatic rings. The lowest BCUT2D eigenvalue weighted by Gasteiger charge is -2.25. The Morgan fingerprint density at radius 3 is 2.73 bits per heavy atom. The monoisotopic (exact) mass is 437 g/mol. The average Bonchev–Trinajstić information content (AvgIpc) is 3.13. The minimum absolute atomic E-state index is 0.0428. The van der Waals surface area contributed by atoms with Crippen molar-refractivity contribution >= 4 is 27.1 Å². The second-order valence-corrected chi connectivity index (χ2v) is 8.07. The van der Waals surface area contributed by atoms with Gasteiger partial charge in [0.1, 0.15) is 18.3 Å². The van der Waals surface area contributed by atoms with Crippen molar-refractivity contribution in [3.8, 4) is 5.75 Å². The van der Waals surface area contributed by atoms with E-state index in [1.807, 2.05) is 25.1 Å². The van der Waals surface area contributed by atoms with Crippen LogP contribution in [-0.4, -0.2) is 55.5 Å². The largest absolute Gasteiger partial charge is 0.436 e. The zero-order valence-electron chi connectivity index (χ0n) is 17.3. The van der Waals surface area contributed by atoms with E-state index in [1.54, 1.807) is 19.1 Å². The SMILES string of the molecule is CNC(=O)/C=C\N(C=O)C1OC(COP(NC(C)C=O)Oc2ccccc2)CC1C. The molecule has 10 heteroatoms. The summed E-state index contributed by atoms with van der Waals surface area (Å²) in [5.41, 5.74) is 0. The Morgan fingerprint density at radius 2 is 2.10 bits per heavy atom. The molecule has 5 unspecified atom stereocenters. The molecule has 164 valence electrons. The molecule has 1 aromatic rings. The lowest BCUT2D eigenvalue weighted by atomic mass is 10.1. The molecule has 5 atom stereocenters. The molecule has 1 heterocycles. The number of ether oxygens (including phenoxy) is 1. The quantitative estimate of drug-likeness (QED) is 0.292. The van der Waals surface area contributed by atoms with Gasteiger partial charge in [0.2, 0.25) is 12.3 Å². The first-order chi connectivity index (χ1) is 14.5. The smallest absolute Gasteiger partial charge is 0.318 e. The van der Waals surface area contributed by atoms with Gasteiger partial charge in [-0.15, -0.1) is 0 Å². The predicted octanol–water partition coefficient (Wildman–Crippen LogP) is 1.96. The number of nitrogens with one attached hydrogen (secondary N) is 2. The van der Waals surface area contributed by atoms with Crippen LogP contribution in [0.4, 0.5) is 0 Å². The van der Waals surface area contributed by atoms with Crippen molar-refractivity contribution in [2.45, 2.75) is 38.6 Å². The first kappa shape index (κ1) is 24.0. The van der Waals surface area contributed by atoms with Crippen molar-refractivity contribution in [2.75, 3.05) is 13.7 Å². The van der Waals surface area contributed by atoms with Gasteiger partial charge in [0.25, 0.3) is 0 Å². The fourth-order valence-corrected chi connectivity index (χ4v) is 4.01. The van der Waals surface area contributed by atoms with Crippen LogP contribution in [0.3, 0.4) is 0 Å². The number of nitrogens with zero attached hydrogens (tertiary/aromatic N) is 1. The molecule has 9 nitrogen and oxygen atoms in total. The molecule has 0 aromatic heterocycles. The molecule has 2 N–H and O–H groups in total. The van der Waals surface area contributed by atoms with E-state index in [0.717, 1.165) is 6.29 Å². The molecule has 0 bridgehead atoms. The number of likely N-dealkylation sites (N-methyl/N-ethyl adjacent to an activating group) is 1. The van der Waals surface area contributed by atoms with Gasteiger partial charge >= 0.3 is 8.53 Å². The topological polar surface area (TPSA) is 106 Å². The highest BCUT2D eigenvalue weighted by Crippen LogP contribution is 2.38. The summed E-state index contributed by atoms with van der Waals surface area (Å²) in [6, 6.07) is 8.74. The number of amides is 2. The van der Waals surface area contributed by atoms with Crippen LogP contribution in [0.1, 0.15) is 20.3 Å². The first-order valence-electron chi connectivity index (χ1n) is 9.62. The zero-order chi connectivity index (χ0) is 21.9. The number of rotatable bonds is 12. The Kier molecular flexibility index (Phi) is 9.89. The lowest BCUT2D eigenvalue weighted by Crippen LogP contribution is -2.34. The number of benzene rings is 1. The van der Waals surface area contributed by atoms with Gasteiger partial charge in [0.05, 0.1) is 18.8 Å². The van der Waals surface area contributed by atoms with Gasteiger partial charge < -0.3 is 23.9 Å². The molecule has 1 saturated heterocycles. The minimum atomic E-state index is -1.57. The van der Waals surface area contributed by atoms with Crippen LogP contribution in [0.15, 0.2) is 42.6 Å². The Hall–Kier alpha value is -2.32. The van der Waals surface area contributed by atoms with Gasteiger partial charge in [-0.25, -0.2) is 5.09 Å². The Morgan fingerprint density at radius 1 is 1.37 bits per heavy atom. The third-order valence-electron chi connectivity index (χ3n) is 4.34. The van der Waals surface area contributed by atoms with E-state index in [9.17, 15) is 14.4 Å². The molecule has 30 heavy (non-hydrogen) atoms. The van der Waals surface area contributed by atoms with E-state index in [-0.39, 0.29) is 24.5 Å². The van der Waals surface area contributed by atoms with Crippen molar-refractivity contribution < 1.29 is 28.2 Å². The van der Waals surface area contributed by atoms with Crippen LogP contribution in [0, 0.1) is 5.92 Å². The van der Waals surface area contributed by atoms with E-state index < -0.39 is 20.8 Å². The van der Waals surface area contributed by atoms with Crippen LogP contribution in [0.25, 0.3) is 0 Å². The number of carbonyl (C=O) groups is 3. The first-order valence-corrected chi connectivity index (χ1v) is 10.8. The van der Waals surface area contributed by atoms with E-state index >= 15 is 0 Å². The summed E-state index contributed by atoms with van der Waals surface area (Å²) in [7, 11) is -0.0656. The van der Waals surface area contributed by atoms with E-state index in [1.165, 1.54) is 24.2 Å². The fourth-order valence-electron chi connectivity index (χ4n) is 2.82. The fraction of sp³-hybridized carbons (Fsp3) is 0.450. The van der Waals surface area contributed by atoms with Gasteiger partial charge in [-0.1, -0.05) is 25.1 Å². The molecule has 0 spiro atoms. The highest BCUT2D eigenvalue weighted by atomic mass is 31.2. The summed E-state index contributed by atoms with van der Waals surface area (Å²) in [6.07, 6.45) is 3.97. The van der Waals surface area contributed by atoms with Crippen molar-refractivity contribution in [3.05, 3.63) is 42.6 Å². The lowest BCUT2D eigenvalue weighted by molar-refractivity contribution is -0.129. The summed E-state index contributed by atoms with van der Waals surface area (Å²) >= 11 is 0. The maximum atomic E-state index is 11.4. The molecule has 0 aliphatic carbocycles. The molecular formula is C20H28N3O6P. The molecule has 1 fully saturated rings. The van der Waals surface area contributed by atoms with E-state index in [0.29, 0.717) is 18.6 Å². The summed E-state index contributed by atoms with van der Waals surface area (Å²) in [6.45, 7) is 3.90. The minimum Gasteiger partial charge on any atom is -0.436 e. The highest BCUT2D eigenvalue weighted by molar-refractivity contribution is 7.45. The predicted molar refractivity (Wildman–Crippen MR) is 112 cm³/mol. The summed E-state index contributed by atoms with van der Waals surface area (Å²) in [5.74, 6) is 0.354. The molecule has 2 rings (SSSR count). The second-order valence-electron chi connectivity index (χ2n) is 6.86. The second kappa shape index (κ2) is 12.4. The Labute approximate surface area is 177 Å². The molecular weight excluding hydrogens is 409 g/mol. The van der Waals surface area contributed by atoms with Crippen molar-refractivity contribution in [1.29, 1.82) is 0 Å². The third kappa shape index (κ3) is 7.50. The number of carbonyl (C=O) groups excluding carboxylic acids is 3. The van der Waals surface area contributed by atoms with Crippen LogP contribution < -0.4 is 14.9 Å². The van der Waals surface area contributed by atoms with Crippen LogP contribution >= 0.6 is 8.53 Å². The van der Waals surface area contributed by atoms with Gasteiger partial charge in [-0.2, -0.15) is 0 Å². The third-order valence-corrected chi connectivity index (χ3v) is 5.71. The highest BCUT2D eigenvalue weighted by Gasteiger charge is 2.36. The summed E-state index contributed by atoms with van der Waals surface area (Å²) in [4.78, 5) is 35.2. The molecule has 0 radical (unpaired) electrons. The van der Waals surface area contributed by atoms with Crippen LogP contribution in [0.2, 0.25) is 0 Å². The molecule has 2 amide bonds. The van der Waals surface area contributed by atoms with Gasteiger partial charge in [0, 0.05) is 25.2 Å². The van der Waals surface area contributed by atoms with Crippen molar-refractivity contribution in [3.63, 3.8) is 0 Å². The molecule has 0 saturated carbocycles. The molecule has 1 aromatic carbocycles. The molecule has 1 aliphatic heterocycles. The Balaban J connectivity index is 1.95. The van der Waals surface area contributed by atoms with Crippen molar-refractivity contribution in [2.24, 2.45) is 5.92 Å². The van der Waals surface area contributed by atoms with Crippen LogP contribution in [0.5, 0.6) is 5.75 Å². The number of hydrogen-bond acceptors (Lipinski definition) is 7. The maximum Gasteiger partial charge on any atom is 0.318 e. The van der Waals surface area contributed by atoms with Gasteiger partial charge in [-0.05, 0) is 25.5 Å². The Bertz CT molecular complexity index is 720. The van der Waals surface area contributed by atoms with E-state index in [4.69, 9.17) is 13.8 Å². The average molecular weight is 437 g/mol. The summed E-state index contributed by atoms with van der Waals surface area (Å²) < 4.78 is 17.7. The van der Waals surface area contributed by atoms with Crippen LogP contribution in [-0.2, 0) is 23.6 Å².